The summed E-state index contributed by atoms with van der Waals surface area (Å²) in [5.41, 5.74) is 0. The molecule has 1 fully saturated rings. The maximum atomic E-state index is 9.60. The van der Waals surface area contributed by atoms with Crippen molar-refractivity contribution < 1.29 is 9.52 Å². The first-order valence-electron chi connectivity index (χ1n) is 6.61. The lowest BCUT2D eigenvalue weighted by Gasteiger charge is -2.15. The van der Waals surface area contributed by atoms with E-state index in [1.54, 1.807) is 17.5 Å². The van der Waals surface area contributed by atoms with Crippen LogP contribution in [0, 0.1) is 5.92 Å². The number of hydrogen-bond donors (Lipinski definition) is 1. The predicted molar refractivity (Wildman–Crippen MR) is 74.9 cm³/mol. The summed E-state index contributed by atoms with van der Waals surface area (Å²) < 4.78 is 5.78. The van der Waals surface area contributed by atoms with Crippen LogP contribution in [0.2, 0.25) is 0 Å². The molecule has 1 saturated heterocycles. The highest BCUT2D eigenvalue weighted by molar-refractivity contribution is 7.13. The smallest absolute Gasteiger partial charge is 0.209 e. The molecule has 0 aromatic carbocycles. The molecular weight excluding hydrogens is 260 g/mol. The molecule has 0 saturated carbocycles. The van der Waals surface area contributed by atoms with E-state index >= 15 is 0 Å². The molecule has 0 spiro atoms. The monoisotopic (exact) mass is 278 g/mol. The van der Waals surface area contributed by atoms with E-state index in [-0.39, 0.29) is 6.10 Å². The Morgan fingerprint density at radius 3 is 3.21 bits per heavy atom. The molecule has 1 N–H and O–H groups in total. The number of aliphatic hydroxyl groups excluding tert-OH is 1. The second kappa shape index (κ2) is 5.45. The zero-order valence-corrected chi connectivity index (χ0v) is 11.8. The van der Waals surface area contributed by atoms with E-state index in [1.807, 2.05) is 24.4 Å². The summed E-state index contributed by atoms with van der Waals surface area (Å²) in [6.07, 6.45) is 2.62. The van der Waals surface area contributed by atoms with E-state index in [0.717, 1.165) is 42.6 Å². The average molecular weight is 278 g/mol. The van der Waals surface area contributed by atoms with Crippen LogP contribution >= 0.6 is 11.3 Å². The normalized spacial score (nSPS) is 21.9. The summed E-state index contributed by atoms with van der Waals surface area (Å²) in [4.78, 5) is 7.75. The number of likely N-dealkylation sites (tertiary alicyclic amines) is 1. The van der Waals surface area contributed by atoms with Crippen molar-refractivity contribution >= 4 is 11.3 Å². The summed E-state index contributed by atoms with van der Waals surface area (Å²) in [5, 5.41) is 11.6. The van der Waals surface area contributed by atoms with E-state index in [4.69, 9.17) is 4.42 Å². The van der Waals surface area contributed by atoms with E-state index in [1.165, 1.54) is 0 Å². The van der Waals surface area contributed by atoms with Crippen LogP contribution in [0.15, 0.2) is 28.1 Å². The highest BCUT2D eigenvalue weighted by Crippen LogP contribution is 2.26. The average Bonchev–Trinajstić information content (AvgIpc) is 3.09. The Kier molecular flexibility index (Phi) is 3.68. The molecule has 19 heavy (non-hydrogen) atoms. The SMILES string of the molecule is C[C@H](O)[C@@H]1CCN(Cc2ncc(-c3cccs3)o2)C1. The van der Waals surface area contributed by atoms with E-state index in [9.17, 15) is 5.11 Å². The first kappa shape index (κ1) is 12.8. The Morgan fingerprint density at radius 2 is 2.53 bits per heavy atom. The second-order valence-electron chi connectivity index (χ2n) is 5.12. The number of nitrogens with zero attached hydrogens (tertiary/aromatic N) is 2. The molecule has 0 radical (unpaired) electrons. The fourth-order valence-electron chi connectivity index (χ4n) is 2.51. The lowest BCUT2D eigenvalue weighted by atomic mass is 10.0. The molecule has 102 valence electrons. The Balaban J connectivity index is 1.62. The van der Waals surface area contributed by atoms with Crippen LogP contribution in [-0.4, -0.2) is 34.2 Å². The van der Waals surface area contributed by atoms with Crippen molar-refractivity contribution in [3.63, 3.8) is 0 Å². The Morgan fingerprint density at radius 1 is 1.63 bits per heavy atom. The summed E-state index contributed by atoms with van der Waals surface area (Å²) in [6.45, 7) is 4.53. The molecule has 2 aromatic heterocycles. The van der Waals surface area contributed by atoms with Gasteiger partial charge in [0.25, 0.3) is 0 Å². The van der Waals surface area contributed by atoms with Crippen LogP contribution in [0.1, 0.15) is 19.2 Å². The van der Waals surface area contributed by atoms with Gasteiger partial charge in [-0.3, -0.25) is 4.90 Å². The summed E-state index contributed by atoms with van der Waals surface area (Å²) in [6, 6.07) is 4.05. The molecule has 3 heterocycles. The van der Waals surface area contributed by atoms with E-state index in [2.05, 4.69) is 9.88 Å². The number of thiophene rings is 1. The van der Waals surface area contributed by atoms with Crippen molar-refractivity contribution in [1.82, 2.24) is 9.88 Å². The van der Waals surface area contributed by atoms with Crippen molar-refractivity contribution in [1.29, 1.82) is 0 Å². The minimum atomic E-state index is -0.226. The van der Waals surface area contributed by atoms with Gasteiger partial charge in [-0.15, -0.1) is 11.3 Å². The van der Waals surface area contributed by atoms with Gasteiger partial charge >= 0.3 is 0 Å². The third-order valence-corrected chi connectivity index (χ3v) is 4.55. The maximum Gasteiger partial charge on any atom is 0.209 e. The molecule has 1 aliphatic rings. The number of aromatic nitrogens is 1. The molecule has 5 heteroatoms. The summed E-state index contributed by atoms with van der Waals surface area (Å²) >= 11 is 1.66. The first-order valence-corrected chi connectivity index (χ1v) is 7.49. The predicted octanol–water partition coefficient (Wildman–Crippen LogP) is 2.61. The van der Waals surface area contributed by atoms with Crippen LogP contribution in [0.3, 0.4) is 0 Å². The fraction of sp³-hybridized carbons (Fsp3) is 0.500. The van der Waals surface area contributed by atoms with Crippen LogP contribution in [-0.2, 0) is 6.54 Å². The Hall–Kier alpha value is -1.17. The molecular formula is C14H18N2O2S. The second-order valence-corrected chi connectivity index (χ2v) is 6.07. The topological polar surface area (TPSA) is 49.5 Å². The quantitative estimate of drug-likeness (QED) is 0.934. The fourth-order valence-corrected chi connectivity index (χ4v) is 3.18. The van der Waals surface area contributed by atoms with Crippen LogP contribution < -0.4 is 0 Å². The number of oxazole rings is 1. The molecule has 2 aromatic rings. The van der Waals surface area contributed by atoms with Gasteiger partial charge in [0.2, 0.25) is 5.89 Å². The van der Waals surface area contributed by atoms with Crippen molar-refractivity contribution in [2.75, 3.05) is 13.1 Å². The van der Waals surface area contributed by atoms with Crippen LogP contribution in [0.5, 0.6) is 0 Å². The van der Waals surface area contributed by atoms with Crippen molar-refractivity contribution in [3.8, 4) is 10.6 Å². The van der Waals surface area contributed by atoms with Gasteiger partial charge in [-0.25, -0.2) is 4.98 Å². The zero-order valence-electron chi connectivity index (χ0n) is 11.0. The molecule has 0 amide bonds. The zero-order chi connectivity index (χ0) is 13.2. The molecule has 1 aliphatic heterocycles. The molecule has 2 atom stereocenters. The van der Waals surface area contributed by atoms with Gasteiger partial charge in [0, 0.05) is 6.54 Å². The van der Waals surface area contributed by atoms with Gasteiger partial charge in [0.1, 0.15) is 0 Å². The van der Waals surface area contributed by atoms with Crippen molar-refractivity contribution in [2.24, 2.45) is 5.92 Å². The highest BCUT2D eigenvalue weighted by Gasteiger charge is 2.26. The highest BCUT2D eigenvalue weighted by atomic mass is 32.1. The van der Waals surface area contributed by atoms with Crippen LogP contribution in [0.4, 0.5) is 0 Å². The summed E-state index contributed by atoms with van der Waals surface area (Å²) in [5.74, 6) is 1.98. The molecule has 0 aliphatic carbocycles. The third kappa shape index (κ3) is 2.88. The Bertz CT molecular complexity index is 521. The van der Waals surface area contributed by atoms with E-state index in [0.29, 0.717) is 5.92 Å². The van der Waals surface area contributed by atoms with Gasteiger partial charge in [-0.1, -0.05) is 6.07 Å². The molecule has 0 bridgehead atoms. The first-order chi connectivity index (χ1) is 9.22. The van der Waals surface area contributed by atoms with E-state index < -0.39 is 0 Å². The maximum absolute atomic E-state index is 9.60. The Labute approximate surface area is 116 Å². The molecule has 0 unspecified atom stereocenters. The van der Waals surface area contributed by atoms with Gasteiger partial charge in [-0.05, 0) is 37.3 Å². The molecule has 3 rings (SSSR count). The van der Waals surface area contributed by atoms with Gasteiger partial charge in [-0.2, -0.15) is 0 Å². The molecule has 4 nitrogen and oxygen atoms in total. The summed E-state index contributed by atoms with van der Waals surface area (Å²) in [7, 11) is 0. The van der Waals surface area contributed by atoms with Crippen molar-refractivity contribution in [3.05, 3.63) is 29.6 Å². The largest absolute Gasteiger partial charge is 0.438 e. The lowest BCUT2D eigenvalue weighted by molar-refractivity contribution is 0.126. The minimum Gasteiger partial charge on any atom is -0.438 e. The van der Waals surface area contributed by atoms with Crippen molar-refractivity contribution in [2.45, 2.75) is 26.0 Å². The third-order valence-electron chi connectivity index (χ3n) is 3.67. The van der Waals surface area contributed by atoms with Gasteiger partial charge in [0.05, 0.1) is 23.7 Å². The number of rotatable bonds is 4. The number of hydrogen-bond acceptors (Lipinski definition) is 5. The van der Waals surface area contributed by atoms with Crippen LogP contribution in [0.25, 0.3) is 10.6 Å². The minimum absolute atomic E-state index is 0.226. The number of aliphatic hydroxyl groups is 1. The standard InChI is InChI=1S/C14H18N2O2S/c1-10(17)11-4-5-16(8-11)9-14-15-7-12(18-14)13-3-2-6-19-13/h2-3,6-7,10-11,17H,4-5,8-9H2,1H3/t10-,11+/m0/s1. The van der Waals surface area contributed by atoms with Gasteiger partial charge in [0.15, 0.2) is 5.76 Å². The lowest BCUT2D eigenvalue weighted by Crippen LogP contribution is -2.24. The van der Waals surface area contributed by atoms with Gasteiger partial charge < -0.3 is 9.52 Å².